The van der Waals surface area contributed by atoms with Crippen LogP contribution in [0, 0.1) is 5.92 Å². The smallest absolute Gasteiger partial charge is 0.308 e. The van der Waals surface area contributed by atoms with Gasteiger partial charge in [-0.05, 0) is 25.3 Å². The Morgan fingerprint density at radius 1 is 1.38 bits per heavy atom. The SMILES string of the molecule is CC(OCc1ccccc1)C(=O)N1CCC[C@H](C(=O)O)C1. The molecule has 0 aromatic heterocycles. The maximum Gasteiger partial charge on any atom is 0.308 e. The van der Waals surface area contributed by atoms with Crippen molar-refractivity contribution >= 4 is 11.9 Å². The van der Waals surface area contributed by atoms with E-state index in [-0.39, 0.29) is 12.5 Å². The van der Waals surface area contributed by atoms with Gasteiger partial charge in [-0.1, -0.05) is 30.3 Å². The lowest BCUT2D eigenvalue weighted by molar-refractivity contribution is -0.150. The molecule has 0 spiro atoms. The van der Waals surface area contributed by atoms with E-state index in [0.717, 1.165) is 12.0 Å². The number of hydrogen-bond donors (Lipinski definition) is 1. The van der Waals surface area contributed by atoms with Crippen molar-refractivity contribution in [2.75, 3.05) is 13.1 Å². The summed E-state index contributed by atoms with van der Waals surface area (Å²) in [6.45, 7) is 2.99. The van der Waals surface area contributed by atoms with Crippen molar-refractivity contribution in [1.82, 2.24) is 4.90 Å². The van der Waals surface area contributed by atoms with Gasteiger partial charge < -0.3 is 14.7 Å². The molecule has 1 heterocycles. The number of carbonyl (C=O) groups is 2. The lowest BCUT2D eigenvalue weighted by atomic mass is 9.98. The molecule has 5 heteroatoms. The van der Waals surface area contributed by atoms with Crippen molar-refractivity contribution < 1.29 is 19.4 Å². The lowest BCUT2D eigenvalue weighted by Gasteiger charge is -2.32. The van der Waals surface area contributed by atoms with E-state index in [0.29, 0.717) is 19.6 Å². The van der Waals surface area contributed by atoms with Crippen LogP contribution in [0.4, 0.5) is 0 Å². The highest BCUT2D eigenvalue weighted by Crippen LogP contribution is 2.18. The number of piperidine rings is 1. The zero-order valence-corrected chi connectivity index (χ0v) is 12.2. The van der Waals surface area contributed by atoms with Gasteiger partial charge in [-0.3, -0.25) is 9.59 Å². The molecule has 5 nitrogen and oxygen atoms in total. The van der Waals surface area contributed by atoms with Gasteiger partial charge in [0, 0.05) is 13.1 Å². The van der Waals surface area contributed by atoms with Crippen LogP contribution in [0.3, 0.4) is 0 Å². The molecule has 0 radical (unpaired) electrons. The molecule has 1 aliphatic heterocycles. The number of likely N-dealkylation sites (tertiary alicyclic amines) is 1. The lowest BCUT2D eigenvalue weighted by Crippen LogP contribution is -2.46. The fraction of sp³-hybridized carbons (Fsp3) is 0.500. The van der Waals surface area contributed by atoms with E-state index in [1.807, 2.05) is 30.3 Å². The maximum atomic E-state index is 12.3. The minimum Gasteiger partial charge on any atom is -0.481 e. The molecule has 21 heavy (non-hydrogen) atoms. The molecule has 2 rings (SSSR count). The molecule has 1 fully saturated rings. The third kappa shape index (κ3) is 4.29. The molecule has 0 saturated carbocycles. The maximum absolute atomic E-state index is 12.3. The van der Waals surface area contributed by atoms with Crippen molar-refractivity contribution in [3.63, 3.8) is 0 Å². The Hall–Kier alpha value is -1.88. The molecule has 1 amide bonds. The Morgan fingerprint density at radius 2 is 2.10 bits per heavy atom. The number of hydrogen-bond acceptors (Lipinski definition) is 3. The third-order valence-corrected chi connectivity index (χ3v) is 3.77. The molecular formula is C16H21NO4. The van der Waals surface area contributed by atoms with Crippen molar-refractivity contribution in [3.05, 3.63) is 35.9 Å². The van der Waals surface area contributed by atoms with Crippen LogP contribution in [0.2, 0.25) is 0 Å². The molecule has 1 aromatic carbocycles. The van der Waals surface area contributed by atoms with Gasteiger partial charge in [-0.15, -0.1) is 0 Å². The number of carboxylic acid groups (broad SMARTS) is 1. The number of carboxylic acids is 1. The second-order valence-electron chi connectivity index (χ2n) is 5.40. The van der Waals surface area contributed by atoms with Crippen molar-refractivity contribution in [2.24, 2.45) is 5.92 Å². The normalized spacial score (nSPS) is 20.0. The van der Waals surface area contributed by atoms with Crippen LogP contribution in [-0.2, 0) is 20.9 Å². The zero-order valence-electron chi connectivity index (χ0n) is 12.2. The highest BCUT2D eigenvalue weighted by Gasteiger charge is 2.30. The number of ether oxygens (including phenoxy) is 1. The number of aliphatic carboxylic acids is 1. The summed E-state index contributed by atoms with van der Waals surface area (Å²) in [6, 6.07) is 9.66. The average molecular weight is 291 g/mol. The summed E-state index contributed by atoms with van der Waals surface area (Å²) in [7, 11) is 0. The molecule has 2 atom stereocenters. The van der Waals surface area contributed by atoms with Gasteiger partial charge in [0.05, 0.1) is 12.5 Å². The van der Waals surface area contributed by atoms with Crippen LogP contribution in [0.25, 0.3) is 0 Å². The van der Waals surface area contributed by atoms with Gasteiger partial charge in [0.2, 0.25) is 0 Å². The fourth-order valence-electron chi connectivity index (χ4n) is 2.50. The molecule has 0 aliphatic carbocycles. The standard InChI is InChI=1S/C16H21NO4/c1-12(21-11-13-6-3-2-4-7-13)15(18)17-9-5-8-14(10-17)16(19)20/h2-4,6-7,12,14H,5,8-11H2,1H3,(H,19,20)/t12?,14-/m0/s1. The summed E-state index contributed by atoms with van der Waals surface area (Å²) >= 11 is 0. The van der Waals surface area contributed by atoms with E-state index >= 15 is 0 Å². The van der Waals surface area contributed by atoms with Gasteiger partial charge in [0.15, 0.2) is 0 Å². The molecule has 1 saturated heterocycles. The Bertz CT molecular complexity index is 488. The predicted octanol–water partition coefficient (Wildman–Crippen LogP) is 1.91. The van der Waals surface area contributed by atoms with E-state index in [4.69, 9.17) is 9.84 Å². The van der Waals surface area contributed by atoms with Crippen molar-refractivity contribution in [1.29, 1.82) is 0 Å². The molecule has 1 N–H and O–H groups in total. The summed E-state index contributed by atoms with van der Waals surface area (Å²) < 4.78 is 5.60. The molecule has 1 unspecified atom stereocenters. The van der Waals surface area contributed by atoms with Crippen molar-refractivity contribution in [2.45, 2.75) is 32.5 Å². The summed E-state index contributed by atoms with van der Waals surface area (Å²) in [5.41, 5.74) is 1.01. The first kappa shape index (κ1) is 15.5. The van der Waals surface area contributed by atoms with Gasteiger partial charge in [-0.2, -0.15) is 0 Å². The largest absolute Gasteiger partial charge is 0.481 e. The van der Waals surface area contributed by atoms with Crippen LogP contribution in [0.15, 0.2) is 30.3 Å². The minimum atomic E-state index is -0.828. The molecule has 114 valence electrons. The van der Waals surface area contributed by atoms with Crippen molar-refractivity contribution in [3.8, 4) is 0 Å². The van der Waals surface area contributed by atoms with Crippen LogP contribution < -0.4 is 0 Å². The Morgan fingerprint density at radius 3 is 2.76 bits per heavy atom. The van der Waals surface area contributed by atoms with Gasteiger partial charge in [0.25, 0.3) is 5.91 Å². The fourth-order valence-corrected chi connectivity index (χ4v) is 2.50. The van der Waals surface area contributed by atoms with E-state index in [9.17, 15) is 9.59 Å². The Balaban J connectivity index is 1.85. The second-order valence-corrected chi connectivity index (χ2v) is 5.40. The van der Waals surface area contributed by atoms with Crippen LogP contribution in [0.1, 0.15) is 25.3 Å². The van der Waals surface area contributed by atoms with Gasteiger partial charge in [-0.25, -0.2) is 0 Å². The summed E-state index contributed by atoms with van der Waals surface area (Å²) in [4.78, 5) is 24.9. The minimum absolute atomic E-state index is 0.128. The molecular weight excluding hydrogens is 270 g/mol. The summed E-state index contributed by atoms with van der Waals surface area (Å²) in [5.74, 6) is -1.41. The van der Waals surface area contributed by atoms with Crippen LogP contribution in [0.5, 0.6) is 0 Å². The Labute approximate surface area is 124 Å². The van der Waals surface area contributed by atoms with E-state index < -0.39 is 18.0 Å². The number of rotatable bonds is 5. The zero-order chi connectivity index (χ0) is 15.2. The second kappa shape index (κ2) is 7.22. The third-order valence-electron chi connectivity index (χ3n) is 3.77. The summed E-state index contributed by atoms with van der Waals surface area (Å²) in [6.07, 6.45) is 0.810. The van der Waals surface area contributed by atoms with E-state index in [1.165, 1.54) is 0 Å². The number of benzene rings is 1. The first-order valence-electron chi connectivity index (χ1n) is 7.25. The first-order chi connectivity index (χ1) is 10.1. The monoisotopic (exact) mass is 291 g/mol. The average Bonchev–Trinajstić information content (AvgIpc) is 2.53. The quantitative estimate of drug-likeness (QED) is 0.900. The number of carbonyl (C=O) groups excluding carboxylic acids is 1. The molecule has 0 bridgehead atoms. The predicted molar refractivity (Wildman–Crippen MR) is 77.6 cm³/mol. The van der Waals surface area contributed by atoms with Crippen LogP contribution in [-0.4, -0.2) is 41.1 Å². The van der Waals surface area contributed by atoms with Gasteiger partial charge in [0.1, 0.15) is 6.10 Å². The van der Waals surface area contributed by atoms with E-state index in [1.54, 1.807) is 11.8 Å². The van der Waals surface area contributed by atoms with Gasteiger partial charge >= 0.3 is 5.97 Å². The number of amides is 1. The topological polar surface area (TPSA) is 66.8 Å². The summed E-state index contributed by atoms with van der Waals surface area (Å²) in [5, 5.41) is 9.06. The molecule has 1 aliphatic rings. The highest BCUT2D eigenvalue weighted by molar-refractivity contribution is 5.81. The van der Waals surface area contributed by atoms with E-state index in [2.05, 4.69) is 0 Å². The number of nitrogens with zero attached hydrogens (tertiary/aromatic N) is 1. The Kier molecular flexibility index (Phi) is 5.33. The molecule has 1 aromatic rings. The first-order valence-corrected chi connectivity index (χ1v) is 7.25. The highest BCUT2D eigenvalue weighted by atomic mass is 16.5. The van der Waals surface area contributed by atoms with Crippen LogP contribution >= 0.6 is 0 Å².